The fourth-order valence-corrected chi connectivity index (χ4v) is 3.13. The van der Waals surface area contributed by atoms with Crippen LogP contribution in [-0.2, 0) is 19.4 Å². The quantitative estimate of drug-likeness (QED) is 0.752. The highest BCUT2D eigenvalue weighted by atomic mass is 35.5. The van der Waals surface area contributed by atoms with Gasteiger partial charge in [-0.2, -0.15) is 5.10 Å². The van der Waals surface area contributed by atoms with E-state index >= 15 is 0 Å². The highest BCUT2D eigenvalue weighted by Gasteiger charge is 2.18. The molecule has 0 unspecified atom stereocenters. The van der Waals surface area contributed by atoms with Gasteiger partial charge in [0.25, 0.3) is 0 Å². The Morgan fingerprint density at radius 3 is 2.89 bits per heavy atom. The minimum atomic E-state index is 0.771. The fraction of sp³-hybridized carbons (Fsp3) is 0.438. The molecule has 1 aromatic heterocycles. The molecule has 2 nitrogen and oxygen atoms in total. The molecule has 0 saturated carbocycles. The van der Waals surface area contributed by atoms with Crippen molar-refractivity contribution in [3.05, 3.63) is 51.8 Å². The number of benzene rings is 1. The molecule has 2 aromatic rings. The molecule has 0 spiro atoms. The number of aromatic nitrogens is 2. The summed E-state index contributed by atoms with van der Waals surface area (Å²) in [6, 6.07) is 8.54. The normalized spacial score (nSPS) is 15.1. The van der Waals surface area contributed by atoms with Crippen LogP contribution in [0.25, 0.3) is 0 Å². The maximum absolute atomic E-state index is 6.50. The number of aryl methyl sites for hydroxylation is 2. The average molecular weight is 275 g/mol. The lowest BCUT2D eigenvalue weighted by atomic mass is 10.1. The van der Waals surface area contributed by atoms with Crippen molar-refractivity contribution < 1.29 is 0 Å². The van der Waals surface area contributed by atoms with E-state index in [1.165, 1.54) is 41.6 Å². The van der Waals surface area contributed by atoms with Crippen molar-refractivity contribution in [3.8, 4) is 0 Å². The minimum absolute atomic E-state index is 0.771. The van der Waals surface area contributed by atoms with E-state index in [2.05, 4.69) is 31.2 Å². The predicted molar refractivity (Wildman–Crippen MR) is 78.8 cm³/mol. The number of rotatable bonds is 2. The van der Waals surface area contributed by atoms with Gasteiger partial charge in [0.1, 0.15) is 5.15 Å². The lowest BCUT2D eigenvalue weighted by Gasteiger charge is -2.05. The van der Waals surface area contributed by atoms with E-state index in [0.29, 0.717) is 0 Å². The molecule has 0 saturated heterocycles. The van der Waals surface area contributed by atoms with Crippen LogP contribution in [-0.4, -0.2) is 9.78 Å². The van der Waals surface area contributed by atoms with E-state index in [0.717, 1.165) is 24.5 Å². The summed E-state index contributed by atoms with van der Waals surface area (Å²) >= 11 is 6.50. The van der Waals surface area contributed by atoms with Crippen LogP contribution in [0.3, 0.4) is 0 Å². The van der Waals surface area contributed by atoms with E-state index in [1.54, 1.807) is 0 Å². The number of hydrogen-bond donors (Lipinski definition) is 0. The summed E-state index contributed by atoms with van der Waals surface area (Å²) in [5.41, 5.74) is 5.05. The molecule has 1 aromatic carbocycles. The molecule has 0 fully saturated rings. The summed E-state index contributed by atoms with van der Waals surface area (Å²) < 4.78 is 1.96. The smallest absolute Gasteiger partial charge is 0.130 e. The average Bonchev–Trinajstić information content (AvgIpc) is 2.58. The third-order valence-corrected chi connectivity index (χ3v) is 4.24. The molecule has 0 N–H and O–H groups in total. The molecule has 0 atom stereocenters. The Hall–Kier alpha value is -1.28. The molecule has 3 heteroatoms. The number of fused-ring (bicyclic) bond motifs is 1. The van der Waals surface area contributed by atoms with Crippen molar-refractivity contribution in [2.45, 2.75) is 45.6 Å². The first-order chi connectivity index (χ1) is 9.24. The SMILES string of the molecule is Cc1cccc(Cn2nc3c(c2Cl)CCCCC3)c1. The maximum atomic E-state index is 6.50. The summed E-state index contributed by atoms with van der Waals surface area (Å²) in [7, 11) is 0. The van der Waals surface area contributed by atoms with Gasteiger partial charge in [0, 0.05) is 5.56 Å². The fourth-order valence-electron chi connectivity index (χ4n) is 2.83. The first kappa shape index (κ1) is 12.7. The molecule has 0 radical (unpaired) electrons. The molecular formula is C16H19ClN2. The van der Waals surface area contributed by atoms with Gasteiger partial charge in [-0.05, 0) is 38.2 Å². The molecule has 100 valence electrons. The van der Waals surface area contributed by atoms with Gasteiger partial charge in [0.2, 0.25) is 0 Å². The zero-order valence-corrected chi connectivity index (χ0v) is 12.1. The molecule has 3 rings (SSSR count). The standard InChI is InChI=1S/C16H19ClN2/c1-12-6-5-7-13(10-12)11-19-16(17)14-8-3-2-4-9-15(14)18-19/h5-7,10H,2-4,8-9,11H2,1H3. The largest absolute Gasteiger partial charge is 0.249 e. The van der Waals surface area contributed by atoms with Crippen LogP contribution < -0.4 is 0 Å². The number of hydrogen-bond acceptors (Lipinski definition) is 1. The van der Waals surface area contributed by atoms with Gasteiger partial charge >= 0.3 is 0 Å². The summed E-state index contributed by atoms with van der Waals surface area (Å²) in [5, 5.41) is 5.57. The van der Waals surface area contributed by atoms with Crippen LogP contribution >= 0.6 is 11.6 Å². The van der Waals surface area contributed by atoms with Crippen LogP contribution in [0.15, 0.2) is 24.3 Å². The van der Waals surface area contributed by atoms with Gasteiger partial charge in [-0.3, -0.25) is 0 Å². The van der Waals surface area contributed by atoms with E-state index in [4.69, 9.17) is 16.7 Å². The van der Waals surface area contributed by atoms with Gasteiger partial charge in [-0.25, -0.2) is 4.68 Å². The monoisotopic (exact) mass is 274 g/mol. The molecule has 1 heterocycles. The lowest BCUT2D eigenvalue weighted by Crippen LogP contribution is -2.03. The Morgan fingerprint density at radius 1 is 1.21 bits per heavy atom. The molecule has 1 aliphatic carbocycles. The first-order valence-corrected chi connectivity index (χ1v) is 7.41. The van der Waals surface area contributed by atoms with Crippen molar-refractivity contribution >= 4 is 11.6 Å². The Kier molecular flexibility index (Phi) is 3.61. The predicted octanol–water partition coefficient (Wildman–Crippen LogP) is 4.16. The molecular weight excluding hydrogens is 256 g/mol. The molecule has 0 aliphatic heterocycles. The van der Waals surface area contributed by atoms with Gasteiger partial charge in [0.15, 0.2) is 0 Å². The van der Waals surface area contributed by atoms with Crippen molar-refractivity contribution in [2.75, 3.05) is 0 Å². The Bertz CT molecular complexity index is 586. The van der Waals surface area contributed by atoms with Crippen LogP contribution in [0.2, 0.25) is 5.15 Å². The Labute approximate surface area is 119 Å². The van der Waals surface area contributed by atoms with Gasteiger partial charge < -0.3 is 0 Å². The Balaban J connectivity index is 1.89. The zero-order chi connectivity index (χ0) is 13.2. The second kappa shape index (κ2) is 5.38. The maximum Gasteiger partial charge on any atom is 0.130 e. The summed E-state index contributed by atoms with van der Waals surface area (Å²) in [5.74, 6) is 0. The Morgan fingerprint density at radius 2 is 2.05 bits per heavy atom. The summed E-state index contributed by atoms with van der Waals surface area (Å²) in [6.45, 7) is 2.89. The van der Waals surface area contributed by atoms with Crippen molar-refractivity contribution in [1.82, 2.24) is 9.78 Å². The van der Waals surface area contributed by atoms with E-state index in [9.17, 15) is 0 Å². The first-order valence-electron chi connectivity index (χ1n) is 7.03. The minimum Gasteiger partial charge on any atom is -0.249 e. The lowest BCUT2D eigenvalue weighted by molar-refractivity contribution is 0.647. The van der Waals surface area contributed by atoms with Crippen LogP contribution in [0, 0.1) is 6.92 Å². The van der Waals surface area contributed by atoms with Gasteiger partial charge in [0.05, 0.1) is 12.2 Å². The van der Waals surface area contributed by atoms with Crippen LogP contribution in [0.1, 0.15) is 41.6 Å². The second-order valence-electron chi connectivity index (χ2n) is 5.42. The van der Waals surface area contributed by atoms with Gasteiger partial charge in [-0.15, -0.1) is 0 Å². The molecule has 0 bridgehead atoms. The van der Waals surface area contributed by atoms with Crippen LogP contribution in [0.4, 0.5) is 0 Å². The topological polar surface area (TPSA) is 17.8 Å². The van der Waals surface area contributed by atoms with Crippen molar-refractivity contribution in [3.63, 3.8) is 0 Å². The third-order valence-electron chi connectivity index (χ3n) is 3.82. The van der Waals surface area contributed by atoms with E-state index in [1.807, 2.05) is 4.68 Å². The van der Waals surface area contributed by atoms with Crippen molar-refractivity contribution in [2.24, 2.45) is 0 Å². The highest BCUT2D eigenvalue weighted by Crippen LogP contribution is 2.27. The molecule has 0 amide bonds. The van der Waals surface area contributed by atoms with Gasteiger partial charge in [-0.1, -0.05) is 47.9 Å². The summed E-state index contributed by atoms with van der Waals surface area (Å²) in [6.07, 6.45) is 5.94. The van der Waals surface area contributed by atoms with E-state index in [-0.39, 0.29) is 0 Å². The second-order valence-corrected chi connectivity index (χ2v) is 5.78. The highest BCUT2D eigenvalue weighted by molar-refractivity contribution is 6.30. The summed E-state index contributed by atoms with van der Waals surface area (Å²) in [4.78, 5) is 0. The molecule has 1 aliphatic rings. The zero-order valence-electron chi connectivity index (χ0n) is 11.3. The third kappa shape index (κ3) is 2.69. The number of nitrogens with zero attached hydrogens (tertiary/aromatic N) is 2. The van der Waals surface area contributed by atoms with Crippen LogP contribution in [0.5, 0.6) is 0 Å². The number of halogens is 1. The van der Waals surface area contributed by atoms with E-state index < -0.39 is 0 Å². The van der Waals surface area contributed by atoms with Crippen molar-refractivity contribution in [1.29, 1.82) is 0 Å². The molecule has 19 heavy (non-hydrogen) atoms.